The van der Waals surface area contributed by atoms with Crippen LogP contribution in [-0.4, -0.2) is 6.54 Å². The highest BCUT2D eigenvalue weighted by molar-refractivity contribution is 5.28. The standard InChI is InChI=1S/C18H21F2N/c1-3-7-21-18(11-14-5-4-6-16(19)10-14)15-8-13(2)9-17(20)12-15/h4-6,8-10,12,18,21H,3,7,11H2,1-2H3. The molecule has 0 aliphatic rings. The van der Waals surface area contributed by atoms with Gasteiger partial charge in [0.2, 0.25) is 0 Å². The average molecular weight is 289 g/mol. The first kappa shape index (κ1) is 15.6. The van der Waals surface area contributed by atoms with Gasteiger partial charge >= 0.3 is 0 Å². The first-order valence-corrected chi connectivity index (χ1v) is 7.33. The second-order valence-electron chi connectivity index (χ2n) is 5.40. The van der Waals surface area contributed by atoms with Crippen LogP contribution in [0.3, 0.4) is 0 Å². The molecule has 2 aromatic rings. The molecule has 1 nitrogen and oxygen atoms in total. The summed E-state index contributed by atoms with van der Waals surface area (Å²) in [5.41, 5.74) is 2.71. The fourth-order valence-electron chi connectivity index (χ4n) is 2.49. The maximum Gasteiger partial charge on any atom is 0.123 e. The molecule has 0 aromatic heterocycles. The van der Waals surface area contributed by atoms with Gasteiger partial charge in [-0.25, -0.2) is 8.78 Å². The molecule has 2 rings (SSSR count). The Morgan fingerprint density at radius 3 is 2.52 bits per heavy atom. The van der Waals surface area contributed by atoms with E-state index in [0.717, 1.165) is 29.7 Å². The van der Waals surface area contributed by atoms with Gasteiger partial charge in [-0.2, -0.15) is 0 Å². The van der Waals surface area contributed by atoms with E-state index in [1.807, 2.05) is 19.1 Å². The van der Waals surface area contributed by atoms with Crippen molar-refractivity contribution in [2.45, 2.75) is 32.7 Å². The summed E-state index contributed by atoms with van der Waals surface area (Å²) in [5, 5.41) is 3.42. The molecule has 1 atom stereocenters. The second-order valence-corrected chi connectivity index (χ2v) is 5.40. The van der Waals surface area contributed by atoms with Gasteiger partial charge in [-0.1, -0.05) is 25.1 Å². The van der Waals surface area contributed by atoms with Crippen LogP contribution >= 0.6 is 0 Å². The minimum Gasteiger partial charge on any atom is -0.310 e. The number of hydrogen-bond donors (Lipinski definition) is 1. The Hall–Kier alpha value is -1.74. The maximum atomic E-state index is 13.6. The number of nitrogens with one attached hydrogen (secondary N) is 1. The Bertz CT molecular complexity index is 575. The lowest BCUT2D eigenvalue weighted by Crippen LogP contribution is -2.24. The highest BCUT2D eigenvalue weighted by atomic mass is 19.1. The molecule has 0 spiro atoms. The van der Waals surface area contributed by atoms with Crippen LogP contribution in [0.2, 0.25) is 0 Å². The lowest BCUT2D eigenvalue weighted by Gasteiger charge is -2.20. The fraction of sp³-hybridized carbons (Fsp3) is 0.333. The van der Waals surface area contributed by atoms with E-state index >= 15 is 0 Å². The zero-order valence-electron chi connectivity index (χ0n) is 12.5. The monoisotopic (exact) mass is 289 g/mol. The van der Waals surface area contributed by atoms with Crippen LogP contribution in [0, 0.1) is 18.6 Å². The molecule has 0 saturated carbocycles. The summed E-state index contributed by atoms with van der Waals surface area (Å²) < 4.78 is 26.9. The van der Waals surface area contributed by atoms with Gasteiger partial charge in [0.05, 0.1) is 0 Å². The molecule has 0 heterocycles. The summed E-state index contributed by atoms with van der Waals surface area (Å²) in [6, 6.07) is 11.6. The van der Waals surface area contributed by atoms with Crippen molar-refractivity contribution in [3.05, 3.63) is 70.8 Å². The van der Waals surface area contributed by atoms with Crippen LogP contribution in [0.15, 0.2) is 42.5 Å². The highest BCUT2D eigenvalue weighted by Crippen LogP contribution is 2.21. The minimum atomic E-state index is -0.239. The van der Waals surface area contributed by atoms with Crippen molar-refractivity contribution in [3.63, 3.8) is 0 Å². The Labute approximate surface area is 125 Å². The minimum absolute atomic E-state index is 0.0128. The lowest BCUT2D eigenvalue weighted by atomic mass is 9.97. The normalized spacial score (nSPS) is 12.4. The van der Waals surface area contributed by atoms with Gasteiger partial charge < -0.3 is 5.32 Å². The van der Waals surface area contributed by atoms with E-state index in [4.69, 9.17) is 0 Å². The van der Waals surface area contributed by atoms with E-state index in [2.05, 4.69) is 12.2 Å². The lowest BCUT2D eigenvalue weighted by molar-refractivity contribution is 0.522. The van der Waals surface area contributed by atoms with E-state index in [1.165, 1.54) is 18.2 Å². The molecule has 112 valence electrons. The summed E-state index contributed by atoms with van der Waals surface area (Å²) in [5.74, 6) is -0.468. The molecular formula is C18H21F2N. The van der Waals surface area contributed by atoms with Crippen LogP contribution in [0.4, 0.5) is 8.78 Å². The van der Waals surface area contributed by atoms with E-state index in [-0.39, 0.29) is 17.7 Å². The first-order chi connectivity index (χ1) is 10.1. The Morgan fingerprint density at radius 2 is 1.86 bits per heavy atom. The summed E-state index contributed by atoms with van der Waals surface area (Å²) in [6.45, 7) is 4.81. The second kappa shape index (κ2) is 7.32. The molecule has 3 heteroatoms. The predicted octanol–water partition coefficient (Wildman–Crippen LogP) is 4.56. The van der Waals surface area contributed by atoms with E-state index in [0.29, 0.717) is 6.42 Å². The van der Waals surface area contributed by atoms with Gasteiger partial charge in [0.1, 0.15) is 11.6 Å². The van der Waals surface area contributed by atoms with Gasteiger partial charge in [-0.05, 0) is 67.3 Å². The van der Waals surface area contributed by atoms with Crippen LogP contribution in [-0.2, 0) is 6.42 Å². The smallest absolute Gasteiger partial charge is 0.123 e. The molecule has 0 amide bonds. The van der Waals surface area contributed by atoms with Gasteiger partial charge in [0, 0.05) is 6.04 Å². The van der Waals surface area contributed by atoms with Crippen LogP contribution in [0.5, 0.6) is 0 Å². The molecule has 0 aliphatic carbocycles. The fourth-order valence-corrected chi connectivity index (χ4v) is 2.49. The van der Waals surface area contributed by atoms with Crippen molar-refractivity contribution < 1.29 is 8.78 Å². The highest BCUT2D eigenvalue weighted by Gasteiger charge is 2.13. The molecular weight excluding hydrogens is 268 g/mol. The first-order valence-electron chi connectivity index (χ1n) is 7.33. The number of halogens is 2. The van der Waals surface area contributed by atoms with Crippen molar-refractivity contribution in [3.8, 4) is 0 Å². The number of rotatable bonds is 6. The molecule has 0 fully saturated rings. The van der Waals surface area contributed by atoms with Crippen molar-refractivity contribution in [1.29, 1.82) is 0 Å². The zero-order valence-corrected chi connectivity index (χ0v) is 12.5. The molecule has 0 radical (unpaired) electrons. The molecule has 21 heavy (non-hydrogen) atoms. The van der Waals surface area contributed by atoms with Crippen LogP contribution in [0.1, 0.15) is 36.1 Å². The van der Waals surface area contributed by atoms with E-state index in [9.17, 15) is 8.78 Å². The van der Waals surface area contributed by atoms with Gasteiger partial charge in [-0.15, -0.1) is 0 Å². The average Bonchev–Trinajstić information content (AvgIpc) is 2.42. The summed E-state index contributed by atoms with van der Waals surface area (Å²) in [4.78, 5) is 0. The van der Waals surface area contributed by atoms with Crippen molar-refractivity contribution in [1.82, 2.24) is 5.32 Å². The number of benzene rings is 2. The third kappa shape index (κ3) is 4.64. The number of hydrogen-bond acceptors (Lipinski definition) is 1. The van der Waals surface area contributed by atoms with Gasteiger partial charge in [-0.3, -0.25) is 0 Å². The van der Waals surface area contributed by atoms with E-state index < -0.39 is 0 Å². The quantitative estimate of drug-likeness (QED) is 0.822. The Balaban J connectivity index is 2.25. The molecule has 1 unspecified atom stereocenters. The molecule has 0 bridgehead atoms. The third-order valence-corrected chi connectivity index (χ3v) is 3.44. The van der Waals surface area contributed by atoms with Crippen molar-refractivity contribution >= 4 is 0 Å². The van der Waals surface area contributed by atoms with Gasteiger partial charge in [0.25, 0.3) is 0 Å². The van der Waals surface area contributed by atoms with E-state index in [1.54, 1.807) is 12.1 Å². The van der Waals surface area contributed by atoms with Crippen molar-refractivity contribution in [2.75, 3.05) is 6.54 Å². The molecule has 1 N–H and O–H groups in total. The SMILES string of the molecule is CCCNC(Cc1cccc(F)c1)c1cc(C)cc(F)c1. The summed E-state index contributed by atoms with van der Waals surface area (Å²) >= 11 is 0. The molecule has 0 aliphatic heterocycles. The molecule has 2 aromatic carbocycles. The Morgan fingerprint density at radius 1 is 1.05 bits per heavy atom. The summed E-state index contributed by atoms with van der Waals surface area (Å²) in [7, 11) is 0. The largest absolute Gasteiger partial charge is 0.310 e. The van der Waals surface area contributed by atoms with Crippen LogP contribution in [0.25, 0.3) is 0 Å². The van der Waals surface area contributed by atoms with Gasteiger partial charge in [0.15, 0.2) is 0 Å². The summed E-state index contributed by atoms with van der Waals surface area (Å²) in [6.07, 6.45) is 1.63. The Kier molecular flexibility index (Phi) is 5.45. The van der Waals surface area contributed by atoms with Crippen molar-refractivity contribution in [2.24, 2.45) is 0 Å². The zero-order chi connectivity index (χ0) is 15.2. The molecule has 0 saturated heterocycles. The maximum absolute atomic E-state index is 13.6. The third-order valence-electron chi connectivity index (χ3n) is 3.44. The topological polar surface area (TPSA) is 12.0 Å². The predicted molar refractivity (Wildman–Crippen MR) is 82.3 cm³/mol. The van der Waals surface area contributed by atoms with Crippen LogP contribution < -0.4 is 5.32 Å². The number of aryl methyl sites for hydroxylation is 1.